The van der Waals surface area contributed by atoms with Crippen LogP contribution < -0.4 is 5.32 Å². The molecular formula is C10H18BrNO. The van der Waals surface area contributed by atoms with Crippen molar-refractivity contribution in [3.05, 3.63) is 0 Å². The van der Waals surface area contributed by atoms with Crippen molar-refractivity contribution in [1.29, 1.82) is 0 Å². The summed E-state index contributed by atoms with van der Waals surface area (Å²) < 4.78 is 0. The highest BCUT2D eigenvalue weighted by molar-refractivity contribution is 9.09. The zero-order valence-electron chi connectivity index (χ0n) is 8.18. The molecule has 2 nitrogen and oxygen atoms in total. The molecule has 3 heteroatoms. The zero-order chi connectivity index (χ0) is 9.68. The molecular weight excluding hydrogens is 230 g/mol. The van der Waals surface area contributed by atoms with Gasteiger partial charge in [0.15, 0.2) is 0 Å². The van der Waals surface area contributed by atoms with Gasteiger partial charge in [-0.3, -0.25) is 4.79 Å². The standard InChI is InChI=1S/C10H18BrNO/c1-8-7-9(8)10(13)12-6-4-2-3-5-11/h8-9H,2-7H2,1H3,(H,12,13). The van der Waals surface area contributed by atoms with E-state index in [2.05, 4.69) is 28.2 Å². The lowest BCUT2D eigenvalue weighted by Crippen LogP contribution is -2.26. The summed E-state index contributed by atoms with van der Waals surface area (Å²) in [7, 11) is 0. The lowest BCUT2D eigenvalue weighted by Gasteiger charge is -2.03. The molecule has 1 aliphatic carbocycles. The average molecular weight is 248 g/mol. The molecule has 2 atom stereocenters. The second-order valence-corrected chi connectivity index (χ2v) is 4.65. The molecule has 0 heterocycles. The number of carbonyl (C=O) groups is 1. The van der Waals surface area contributed by atoms with Crippen LogP contribution in [0.2, 0.25) is 0 Å². The Kier molecular flexibility index (Phi) is 4.78. The summed E-state index contributed by atoms with van der Waals surface area (Å²) in [6, 6.07) is 0. The summed E-state index contributed by atoms with van der Waals surface area (Å²) in [6.45, 7) is 2.99. The summed E-state index contributed by atoms with van der Waals surface area (Å²) in [5, 5.41) is 4.05. The SMILES string of the molecule is CC1CC1C(=O)NCCCCCBr. The first kappa shape index (κ1) is 11.0. The fraction of sp³-hybridized carbons (Fsp3) is 0.900. The van der Waals surface area contributed by atoms with Crippen molar-refractivity contribution in [2.24, 2.45) is 11.8 Å². The average Bonchev–Trinajstić information content (AvgIpc) is 2.82. The number of hydrogen-bond acceptors (Lipinski definition) is 1. The Morgan fingerprint density at radius 3 is 2.69 bits per heavy atom. The molecule has 0 radical (unpaired) electrons. The van der Waals surface area contributed by atoms with Crippen LogP contribution in [0.3, 0.4) is 0 Å². The van der Waals surface area contributed by atoms with E-state index in [0.29, 0.717) is 11.8 Å². The second-order valence-electron chi connectivity index (χ2n) is 3.86. The van der Waals surface area contributed by atoms with Gasteiger partial charge in [-0.25, -0.2) is 0 Å². The molecule has 1 saturated carbocycles. The maximum absolute atomic E-state index is 11.3. The van der Waals surface area contributed by atoms with E-state index in [-0.39, 0.29) is 5.91 Å². The molecule has 1 rings (SSSR count). The number of hydrogen-bond donors (Lipinski definition) is 1. The lowest BCUT2D eigenvalue weighted by molar-refractivity contribution is -0.122. The van der Waals surface area contributed by atoms with Gasteiger partial charge in [0.1, 0.15) is 0 Å². The Balaban J connectivity index is 1.91. The Hall–Kier alpha value is -0.0500. The van der Waals surface area contributed by atoms with Gasteiger partial charge in [0.05, 0.1) is 0 Å². The van der Waals surface area contributed by atoms with E-state index in [1.165, 1.54) is 12.8 Å². The van der Waals surface area contributed by atoms with Crippen molar-refractivity contribution in [2.45, 2.75) is 32.6 Å². The first-order valence-electron chi connectivity index (χ1n) is 5.09. The van der Waals surface area contributed by atoms with Crippen molar-refractivity contribution in [2.75, 3.05) is 11.9 Å². The van der Waals surface area contributed by atoms with Gasteiger partial charge in [0.2, 0.25) is 5.91 Å². The van der Waals surface area contributed by atoms with Crippen molar-refractivity contribution < 1.29 is 4.79 Å². The van der Waals surface area contributed by atoms with Gasteiger partial charge in [0.25, 0.3) is 0 Å². The molecule has 0 aromatic carbocycles. The topological polar surface area (TPSA) is 29.1 Å². The third-order valence-electron chi connectivity index (χ3n) is 2.56. The van der Waals surface area contributed by atoms with E-state index < -0.39 is 0 Å². The number of nitrogens with one attached hydrogen (secondary N) is 1. The first-order valence-corrected chi connectivity index (χ1v) is 6.21. The van der Waals surface area contributed by atoms with E-state index in [4.69, 9.17) is 0 Å². The van der Waals surface area contributed by atoms with Gasteiger partial charge in [-0.15, -0.1) is 0 Å². The molecule has 1 N–H and O–H groups in total. The predicted molar refractivity (Wildman–Crippen MR) is 57.9 cm³/mol. The Morgan fingerprint density at radius 1 is 1.46 bits per heavy atom. The van der Waals surface area contributed by atoms with Crippen molar-refractivity contribution >= 4 is 21.8 Å². The molecule has 1 aliphatic rings. The first-order chi connectivity index (χ1) is 6.25. The van der Waals surface area contributed by atoms with Crippen molar-refractivity contribution in [3.8, 4) is 0 Å². The van der Waals surface area contributed by atoms with Gasteiger partial charge in [0, 0.05) is 17.8 Å². The van der Waals surface area contributed by atoms with Crippen LogP contribution in [-0.4, -0.2) is 17.8 Å². The monoisotopic (exact) mass is 247 g/mol. The second kappa shape index (κ2) is 5.63. The van der Waals surface area contributed by atoms with Crippen LogP contribution >= 0.6 is 15.9 Å². The minimum absolute atomic E-state index is 0.270. The van der Waals surface area contributed by atoms with Crippen LogP contribution in [0.1, 0.15) is 32.6 Å². The molecule has 0 saturated heterocycles. The van der Waals surface area contributed by atoms with Crippen LogP contribution in [0.4, 0.5) is 0 Å². The number of amides is 1. The summed E-state index contributed by atoms with van der Waals surface area (Å²) in [4.78, 5) is 11.3. The van der Waals surface area contributed by atoms with Gasteiger partial charge in [-0.1, -0.05) is 29.3 Å². The number of rotatable bonds is 6. The maximum atomic E-state index is 11.3. The van der Waals surface area contributed by atoms with E-state index in [1.54, 1.807) is 0 Å². The highest BCUT2D eigenvalue weighted by Crippen LogP contribution is 2.37. The predicted octanol–water partition coefficient (Wildman–Crippen LogP) is 2.32. The van der Waals surface area contributed by atoms with Crippen LogP contribution in [0.25, 0.3) is 0 Å². The largest absolute Gasteiger partial charge is 0.356 e. The smallest absolute Gasteiger partial charge is 0.223 e. The molecule has 2 unspecified atom stereocenters. The number of unbranched alkanes of at least 4 members (excludes halogenated alkanes) is 2. The van der Waals surface area contributed by atoms with Gasteiger partial charge in [-0.05, 0) is 25.2 Å². The highest BCUT2D eigenvalue weighted by atomic mass is 79.9. The summed E-state index contributed by atoms with van der Waals surface area (Å²) >= 11 is 3.38. The normalized spacial score (nSPS) is 25.7. The molecule has 0 spiro atoms. The molecule has 0 aliphatic heterocycles. The molecule has 1 amide bonds. The van der Waals surface area contributed by atoms with Crippen molar-refractivity contribution in [3.63, 3.8) is 0 Å². The fourth-order valence-electron chi connectivity index (χ4n) is 1.43. The summed E-state index contributed by atoms with van der Waals surface area (Å²) in [5.41, 5.74) is 0. The highest BCUT2D eigenvalue weighted by Gasteiger charge is 2.38. The van der Waals surface area contributed by atoms with E-state index in [1.807, 2.05) is 0 Å². The number of carbonyl (C=O) groups excluding carboxylic acids is 1. The zero-order valence-corrected chi connectivity index (χ0v) is 9.77. The van der Waals surface area contributed by atoms with Gasteiger partial charge in [-0.2, -0.15) is 0 Å². The third-order valence-corrected chi connectivity index (χ3v) is 3.12. The van der Waals surface area contributed by atoms with Crippen LogP contribution in [0, 0.1) is 11.8 Å². The Bertz CT molecular complexity index is 172. The number of halogens is 1. The quantitative estimate of drug-likeness (QED) is 0.567. The maximum Gasteiger partial charge on any atom is 0.223 e. The summed E-state index contributed by atoms with van der Waals surface area (Å²) in [5.74, 6) is 1.23. The Labute approximate surface area is 88.6 Å². The molecule has 1 fully saturated rings. The molecule has 0 aromatic heterocycles. The van der Waals surface area contributed by atoms with Crippen LogP contribution in [0.15, 0.2) is 0 Å². The lowest BCUT2D eigenvalue weighted by atomic mass is 10.2. The molecule has 76 valence electrons. The van der Waals surface area contributed by atoms with E-state index in [0.717, 1.165) is 24.7 Å². The van der Waals surface area contributed by atoms with Gasteiger partial charge < -0.3 is 5.32 Å². The molecule has 0 bridgehead atoms. The minimum atomic E-state index is 0.270. The number of alkyl halides is 1. The van der Waals surface area contributed by atoms with Crippen molar-refractivity contribution in [1.82, 2.24) is 5.32 Å². The fourth-order valence-corrected chi connectivity index (χ4v) is 1.82. The van der Waals surface area contributed by atoms with Crippen LogP contribution in [0.5, 0.6) is 0 Å². The molecule has 0 aromatic rings. The third kappa shape index (κ3) is 4.12. The molecule has 13 heavy (non-hydrogen) atoms. The minimum Gasteiger partial charge on any atom is -0.356 e. The van der Waals surface area contributed by atoms with E-state index >= 15 is 0 Å². The van der Waals surface area contributed by atoms with Gasteiger partial charge >= 0.3 is 0 Å². The Morgan fingerprint density at radius 2 is 2.15 bits per heavy atom. The van der Waals surface area contributed by atoms with E-state index in [9.17, 15) is 4.79 Å². The van der Waals surface area contributed by atoms with Crippen LogP contribution in [-0.2, 0) is 4.79 Å². The summed E-state index contributed by atoms with van der Waals surface area (Å²) in [6.07, 6.45) is 4.60.